The predicted octanol–water partition coefficient (Wildman–Crippen LogP) is 0.0712. The number of nitrogens with one attached hydrogen (secondary N) is 2. The summed E-state index contributed by atoms with van der Waals surface area (Å²) in [7, 11) is -3.16. The van der Waals surface area contributed by atoms with Crippen LogP contribution in [-0.2, 0) is 10.0 Å². The third kappa shape index (κ3) is 5.17. The molecule has 0 aromatic heterocycles. The van der Waals surface area contributed by atoms with Crippen LogP contribution < -0.4 is 10.0 Å². The summed E-state index contributed by atoms with van der Waals surface area (Å²) < 4.78 is 25.6. The predicted molar refractivity (Wildman–Crippen MR) is 60.9 cm³/mol. The molecule has 1 fully saturated rings. The van der Waals surface area contributed by atoms with Crippen LogP contribution in [0.25, 0.3) is 0 Å². The molecule has 4 nitrogen and oxygen atoms in total. The lowest BCUT2D eigenvalue weighted by Crippen LogP contribution is -2.42. The first kappa shape index (κ1) is 12.5. The molecule has 0 spiro atoms. The lowest BCUT2D eigenvalue weighted by Gasteiger charge is -2.23. The van der Waals surface area contributed by atoms with E-state index in [1.807, 2.05) is 0 Å². The first-order valence-electron chi connectivity index (χ1n) is 5.28. The highest BCUT2D eigenvalue weighted by molar-refractivity contribution is 7.89. The van der Waals surface area contributed by atoms with Crippen LogP contribution in [0.15, 0.2) is 0 Å². The molecule has 1 rings (SSSR count). The maximum Gasteiger partial charge on any atom is 0.213 e. The molecular weight excluding hydrogens is 212 g/mol. The molecule has 0 aromatic carbocycles. The zero-order chi connectivity index (χ0) is 11.1. The van der Waals surface area contributed by atoms with Gasteiger partial charge in [0.25, 0.3) is 0 Å². The maximum atomic E-state index is 11.6. The zero-order valence-corrected chi connectivity index (χ0v) is 9.65. The van der Waals surface area contributed by atoms with Crippen LogP contribution in [0.5, 0.6) is 0 Å². The van der Waals surface area contributed by atoms with E-state index >= 15 is 0 Å². The van der Waals surface area contributed by atoms with Gasteiger partial charge in [0, 0.05) is 19.0 Å². The Morgan fingerprint density at radius 1 is 1.47 bits per heavy atom. The summed E-state index contributed by atoms with van der Waals surface area (Å²) in [5, 5.41) is 3.21. The van der Waals surface area contributed by atoms with Crippen molar-refractivity contribution >= 4 is 10.0 Å². The minimum Gasteiger partial charge on any atom is -0.313 e. The molecule has 0 saturated carbocycles. The highest BCUT2D eigenvalue weighted by Crippen LogP contribution is 2.08. The van der Waals surface area contributed by atoms with E-state index in [9.17, 15) is 8.42 Å². The monoisotopic (exact) mass is 230 g/mol. The van der Waals surface area contributed by atoms with Gasteiger partial charge in [-0.3, -0.25) is 0 Å². The van der Waals surface area contributed by atoms with Crippen molar-refractivity contribution in [3.8, 4) is 12.3 Å². The summed E-state index contributed by atoms with van der Waals surface area (Å²) in [5.74, 6) is 2.57. The molecule has 1 unspecified atom stereocenters. The van der Waals surface area contributed by atoms with Crippen LogP contribution in [0.4, 0.5) is 0 Å². The second kappa shape index (κ2) is 6.11. The molecule has 0 radical (unpaired) electrons. The van der Waals surface area contributed by atoms with Gasteiger partial charge >= 0.3 is 0 Å². The van der Waals surface area contributed by atoms with Crippen molar-refractivity contribution in [1.82, 2.24) is 10.0 Å². The molecule has 1 atom stereocenters. The number of hydrogen-bond acceptors (Lipinski definition) is 3. The van der Waals surface area contributed by atoms with Crippen molar-refractivity contribution in [1.29, 1.82) is 0 Å². The maximum absolute atomic E-state index is 11.6. The third-order valence-corrected chi connectivity index (χ3v) is 3.91. The van der Waals surface area contributed by atoms with Crippen molar-refractivity contribution < 1.29 is 8.42 Å². The summed E-state index contributed by atoms with van der Waals surface area (Å²) in [4.78, 5) is 0. The van der Waals surface area contributed by atoms with Gasteiger partial charge in [-0.25, -0.2) is 13.1 Å². The van der Waals surface area contributed by atoms with E-state index in [4.69, 9.17) is 6.42 Å². The lowest BCUT2D eigenvalue weighted by atomic mass is 10.1. The van der Waals surface area contributed by atoms with Crippen molar-refractivity contribution in [3.05, 3.63) is 0 Å². The number of terminal acetylenes is 1. The Balaban J connectivity index is 2.31. The molecule has 0 aliphatic carbocycles. The summed E-state index contributed by atoms with van der Waals surface area (Å²) >= 11 is 0. The van der Waals surface area contributed by atoms with Crippen molar-refractivity contribution in [3.63, 3.8) is 0 Å². The second-order valence-electron chi connectivity index (χ2n) is 3.78. The molecule has 0 bridgehead atoms. The molecule has 1 aliphatic heterocycles. The fourth-order valence-corrected chi connectivity index (χ4v) is 3.01. The van der Waals surface area contributed by atoms with E-state index in [1.165, 1.54) is 0 Å². The van der Waals surface area contributed by atoms with E-state index in [0.29, 0.717) is 13.0 Å². The van der Waals surface area contributed by atoms with Crippen LogP contribution in [-0.4, -0.2) is 33.3 Å². The molecule has 1 heterocycles. The van der Waals surface area contributed by atoms with Gasteiger partial charge in [-0.15, -0.1) is 12.3 Å². The van der Waals surface area contributed by atoms with E-state index < -0.39 is 10.0 Å². The smallest absolute Gasteiger partial charge is 0.213 e. The SMILES string of the molecule is C#CCCNS(=O)(=O)CC1CCCCN1. The molecular formula is C10H18N2O2S. The van der Waals surface area contributed by atoms with Crippen LogP contribution >= 0.6 is 0 Å². The summed E-state index contributed by atoms with van der Waals surface area (Å²) in [6, 6.07) is 0.0992. The van der Waals surface area contributed by atoms with Crippen LogP contribution in [0, 0.1) is 12.3 Å². The zero-order valence-electron chi connectivity index (χ0n) is 8.83. The Bertz CT molecular complexity index is 313. The molecule has 2 N–H and O–H groups in total. The van der Waals surface area contributed by atoms with Crippen LogP contribution in [0.1, 0.15) is 25.7 Å². The van der Waals surface area contributed by atoms with Crippen molar-refractivity contribution in [2.75, 3.05) is 18.8 Å². The van der Waals surface area contributed by atoms with Gasteiger partial charge in [0.2, 0.25) is 10.0 Å². The minimum absolute atomic E-state index is 0.0992. The van der Waals surface area contributed by atoms with Gasteiger partial charge in [0.1, 0.15) is 0 Å². The lowest BCUT2D eigenvalue weighted by molar-refractivity contribution is 0.422. The Kier molecular flexibility index (Phi) is 5.09. The number of rotatable bonds is 5. The van der Waals surface area contributed by atoms with Gasteiger partial charge in [0.15, 0.2) is 0 Å². The van der Waals surface area contributed by atoms with E-state index in [-0.39, 0.29) is 11.8 Å². The van der Waals surface area contributed by atoms with Crippen LogP contribution in [0.3, 0.4) is 0 Å². The van der Waals surface area contributed by atoms with Gasteiger partial charge < -0.3 is 5.32 Å². The molecule has 0 amide bonds. The molecule has 15 heavy (non-hydrogen) atoms. The van der Waals surface area contributed by atoms with Gasteiger partial charge in [-0.2, -0.15) is 0 Å². The normalized spacial score (nSPS) is 22.2. The van der Waals surface area contributed by atoms with E-state index in [2.05, 4.69) is 16.0 Å². The fourth-order valence-electron chi connectivity index (χ4n) is 1.67. The number of piperidine rings is 1. The number of hydrogen-bond donors (Lipinski definition) is 2. The third-order valence-electron chi connectivity index (χ3n) is 2.42. The Hall–Kier alpha value is -0.570. The number of sulfonamides is 1. The molecule has 1 aliphatic rings. The van der Waals surface area contributed by atoms with E-state index in [0.717, 1.165) is 25.8 Å². The Labute approximate surface area is 91.9 Å². The topological polar surface area (TPSA) is 58.2 Å². The molecule has 1 saturated heterocycles. The first-order valence-corrected chi connectivity index (χ1v) is 6.93. The van der Waals surface area contributed by atoms with E-state index in [1.54, 1.807) is 0 Å². The average Bonchev–Trinajstić information content (AvgIpc) is 2.18. The van der Waals surface area contributed by atoms with Crippen LogP contribution in [0.2, 0.25) is 0 Å². The van der Waals surface area contributed by atoms with Gasteiger partial charge in [0.05, 0.1) is 5.75 Å². The largest absolute Gasteiger partial charge is 0.313 e. The minimum atomic E-state index is -3.16. The summed E-state index contributed by atoms with van der Waals surface area (Å²) in [6.45, 7) is 1.26. The van der Waals surface area contributed by atoms with Crippen molar-refractivity contribution in [2.24, 2.45) is 0 Å². The Morgan fingerprint density at radius 3 is 2.87 bits per heavy atom. The molecule has 0 aromatic rings. The van der Waals surface area contributed by atoms with Gasteiger partial charge in [-0.1, -0.05) is 6.42 Å². The average molecular weight is 230 g/mol. The molecule has 86 valence electrons. The summed E-state index contributed by atoms with van der Waals surface area (Å²) in [6.07, 6.45) is 8.68. The van der Waals surface area contributed by atoms with Gasteiger partial charge in [-0.05, 0) is 19.4 Å². The van der Waals surface area contributed by atoms with Crippen molar-refractivity contribution in [2.45, 2.75) is 31.7 Å². The second-order valence-corrected chi connectivity index (χ2v) is 5.63. The fraction of sp³-hybridized carbons (Fsp3) is 0.800. The summed E-state index contributed by atoms with van der Waals surface area (Å²) in [5.41, 5.74) is 0. The Morgan fingerprint density at radius 2 is 2.27 bits per heavy atom. The highest BCUT2D eigenvalue weighted by atomic mass is 32.2. The standard InChI is InChI=1S/C10H18N2O2S/c1-2-3-8-12-15(13,14)9-10-6-4-5-7-11-10/h1,10-12H,3-9H2. The highest BCUT2D eigenvalue weighted by Gasteiger charge is 2.19. The molecule has 5 heteroatoms. The quantitative estimate of drug-likeness (QED) is 0.519. The first-order chi connectivity index (χ1) is 7.14.